The van der Waals surface area contributed by atoms with Crippen LogP contribution in [0.3, 0.4) is 0 Å². The topological polar surface area (TPSA) is 77.8 Å². The first-order valence-corrected chi connectivity index (χ1v) is 4.27. The fourth-order valence-electron chi connectivity index (χ4n) is 0.927. The maximum Gasteiger partial charge on any atom is 0.489 e. The highest BCUT2D eigenvalue weighted by molar-refractivity contribution is 6.63. The fourth-order valence-corrected chi connectivity index (χ4v) is 1.49. The van der Waals surface area contributed by atoms with Crippen molar-refractivity contribution in [1.82, 2.24) is 0 Å². The van der Waals surface area contributed by atoms with Gasteiger partial charge in [-0.1, -0.05) is 23.2 Å². The average Bonchev–Trinajstić information content (AvgIpc) is 2.02. The van der Waals surface area contributed by atoms with Gasteiger partial charge in [-0.15, -0.1) is 0 Å². The molecule has 0 aliphatic heterocycles. The number of hydrogen-bond acceptors (Lipinski definition) is 3. The molecule has 0 atom stereocenters. The summed E-state index contributed by atoms with van der Waals surface area (Å²) in [6.45, 7) is 0. The van der Waals surface area contributed by atoms with Crippen molar-refractivity contribution in [3.05, 3.63) is 27.7 Å². The Labute approximate surface area is 89.8 Å². The Balaban J connectivity index is 3.34. The highest BCUT2D eigenvalue weighted by Gasteiger charge is 2.20. The summed E-state index contributed by atoms with van der Waals surface area (Å²) in [7, 11) is -1.82. The van der Waals surface area contributed by atoms with Crippen molar-refractivity contribution in [2.24, 2.45) is 0 Å². The van der Waals surface area contributed by atoms with Crippen LogP contribution in [0.25, 0.3) is 0 Å². The molecular formula is C7H5BCl2O4. The van der Waals surface area contributed by atoms with E-state index in [0.717, 1.165) is 12.1 Å². The van der Waals surface area contributed by atoms with E-state index >= 15 is 0 Å². The lowest BCUT2D eigenvalue weighted by Crippen LogP contribution is -2.31. The monoisotopic (exact) mass is 234 g/mol. The first-order valence-electron chi connectivity index (χ1n) is 3.52. The molecule has 0 aliphatic carbocycles. The third-order valence-corrected chi connectivity index (χ3v) is 2.23. The van der Waals surface area contributed by atoms with E-state index in [-0.39, 0.29) is 21.1 Å². The number of carboxylic acids is 1. The van der Waals surface area contributed by atoms with Crippen LogP contribution in [-0.4, -0.2) is 28.2 Å². The quantitative estimate of drug-likeness (QED) is 0.647. The molecule has 1 aromatic carbocycles. The maximum atomic E-state index is 10.6. The van der Waals surface area contributed by atoms with Crippen LogP contribution in [0.4, 0.5) is 0 Å². The largest absolute Gasteiger partial charge is 0.489 e. The Kier molecular flexibility index (Phi) is 3.39. The molecule has 74 valence electrons. The van der Waals surface area contributed by atoms with Crippen molar-refractivity contribution in [1.29, 1.82) is 0 Å². The lowest BCUT2D eigenvalue weighted by molar-refractivity contribution is 0.0697. The summed E-state index contributed by atoms with van der Waals surface area (Å²) in [5, 5.41) is 26.3. The first-order chi connectivity index (χ1) is 6.43. The Morgan fingerprint density at radius 2 is 1.79 bits per heavy atom. The highest BCUT2D eigenvalue weighted by Crippen LogP contribution is 2.19. The number of aromatic carboxylic acids is 1. The summed E-state index contributed by atoms with van der Waals surface area (Å²) in [6.07, 6.45) is 0. The van der Waals surface area contributed by atoms with E-state index in [2.05, 4.69) is 0 Å². The Morgan fingerprint density at radius 3 is 2.21 bits per heavy atom. The van der Waals surface area contributed by atoms with Crippen LogP contribution >= 0.6 is 23.2 Å². The first kappa shape index (κ1) is 11.3. The van der Waals surface area contributed by atoms with E-state index < -0.39 is 13.1 Å². The minimum atomic E-state index is -1.82. The molecule has 3 N–H and O–H groups in total. The van der Waals surface area contributed by atoms with E-state index in [1.54, 1.807) is 0 Å². The van der Waals surface area contributed by atoms with Gasteiger partial charge in [0.25, 0.3) is 0 Å². The highest BCUT2D eigenvalue weighted by atomic mass is 35.5. The number of halogens is 2. The molecule has 0 amide bonds. The second-order valence-corrected chi connectivity index (χ2v) is 3.35. The standard InChI is InChI=1S/C7H5BCl2O4/c9-5-2-6(10)4(8(13)14)1-3(5)7(11)12/h1-2,13-14H,(H,11,12). The molecule has 0 saturated heterocycles. The van der Waals surface area contributed by atoms with Gasteiger partial charge in [-0.3, -0.25) is 0 Å². The van der Waals surface area contributed by atoms with Gasteiger partial charge >= 0.3 is 13.1 Å². The van der Waals surface area contributed by atoms with E-state index in [9.17, 15) is 4.79 Å². The molecule has 0 aromatic heterocycles. The molecule has 14 heavy (non-hydrogen) atoms. The van der Waals surface area contributed by atoms with Crippen molar-refractivity contribution in [3.63, 3.8) is 0 Å². The number of carboxylic acid groups (broad SMARTS) is 1. The summed E-state index contributed by atoms with van der Waals surface area (Å²) in [6, 6.07) is 2.18. The summed E-state index contributed by atoms with van der Waals surface area (Å²) in [5.41, 5.74) is -0.312. The minimum Gasteiger partial charge on any atom is -0.478 e. The molecule has 1 aromatic rings. The minimum absolute atomic E-state index is 0.00926. The van der Waals surface area contributed by atoms with Crippen molar-refractivity contribution in [2.45, 2.75) is 0 Å². The lowest BCUT2D eigenvalue weighted by atomic mass is 9.79. The Hall–Kier alpha value is -0.745. The van der Waals surface area contributed by atoms with Gasteiger partial charge in [-0.25, -0.2) is 4.79 Å². The molecule has 0 bridgehead atoms. The molecule has 0 fully saturated rings. The number of hydrogen-bond donors (Lipinski definition) is 3. The van der Waals surface area contributed by atoms with Gasteiger partial charge in [0.15, 0.2) is 0 Å². The number of rotatable bonds is 2. The van der Waals surface area contributed by atoms with Gasteiger partial charge in [-0.2, -0.15) is 0 Å². The third kappa shape index (κ3) is 2.19. The maximum absolute atomic E-state index is 10.6. The second kappa shape index (κ2) is 4.19. The number of benzene rings is 1. The van der Waals surface area contributed by atoms with Crippen molar-refractivity contribution in [2.75, 3.05) is 0 Å². The normalized spacial score (nSPS) is 10.0. The summed E-state index contributed by atoms with van der Waals surface area (Å²) in [4.78, 5) is 10.6. The van der Waals surface area contributed by atoms with Crippen molar-refractivity contribution < 1.29 is 19.9 Å². The number of carbonyl (C=O) groups is 1. The summed E-state index contributed by atoms with van der Waals surface area (Å²) >= 11 is 11.2. The van der Waals surface area contributed by atoms with Crippen LogP contribution in [0, 0.1) is 0 Å². The van der Waals surface area contributed by atoms with Crippen molar-refractivity contribution >= 4 is 41.8 Å². The van der Waals surface area contributed by atoms with E-state index in [1.807, 2.05) is 0 Å². The predicted molar refractivity (Wildman–Crippen MR) is 53.2 cm³/mol. The van der Waals surface area contributed by atoms with Crippen LogP contribution < -0.4 is 5.46 Å². The molecule has 0 aliphatic rings. The molecule has 0 radical (unpaired) electrons. The lowest BCUT2D eigenvalue weighted by Gasteiger charge is -2.05. The SMILES string of the molecule is O=C(O)c1cc(B(O)O)c(Cl)cc1Cl. The average molecular weight is 235 g/mol. The van der Waals surface area contributed by atoms with Gasteiger partial charge < -0.3 is 15.2 Å². The smallest absolute Gasteiger partial charge is 0.478 e. The Morgan fingerprint density at radius 1 is 1.21 bits per heavy atom. The zero-order chi connectivity index (χ0) is 10.9. The Bertz CT molecular complexity index is 380. The molecule has 0 unspecified atom stereocenters. The van der Waals surface area contributed by atoms with Crippen LogP contribution in [0.1, 0.15) is 10.4 Å². The van der Waals surface area contributed by atoms with Crippen LogP contribution in [0.2, 0.25) is 10.0 Å². The zero-order valence-corrected chi connectivity index (χ0v) is 8.25. The molecule has 0 spiro atoms. The third-order valence-electron chi connectivity index (χ3n) is 1.59. The van der Waals surface area contributed by atoms with E-state index in [1.165, 1.54) is 0 Å². The van der Waals surface area contributed by atoms with Crippen LogP contribution in [-0.2, 0) is 0 Å². The van der Waals surface area contributed by atoms with E-state index in [0.29, 0.717) is 0 Å². The van der Waals surface area contributed by atoms with Gasteiger partial charge in [0, 0.05) is 10.5 Å². The van der Waals surface area contributed by atoms with Crippen molar-refractivity contribution in [3.8, 4) is 0 Å². The summed E-state index contributed by atoms with van der Waals surface area (Å²) < 4.78 is 0. The molecule has 1 rings (SSSR count). The molecule has 7 heteroatoms. The van der Waals surface area contributed by atoms with Gasteiger partial charge in [0.1, 0.15) is 0 Å². The van der Waals surface area contributed by atoms with Crippen LogP contribution in [0.5, 0.6) is 0 Å². The molecule has 0 heterocycles. The second-order valence-electron chi connectivity index (χ2n) is 2.53. The van der Waals surface area contributed by atoms with E-state index in [4.69, 9.17) is 38.4 Å². The molecule has 0 saturated carbocycles. The van der Waals surface area contributed by atoms with Gasteiger partial charge in [0.05, 0.1) is 10.6 Å². The molecular weight excluding hydrogens is 230 g/mol. The predicted octanol–water partition coefficient (Wildman–Crippen LogP) is 0.371. The van der Waals surface area contributed by atoms with Crippen LogP contribution in [0.15, 0.2) is 12.1 Å². The summed E-state index contributed by atoms with van der Waals surface area (Å²) in [5.74, 6) is -1.26. The van der Waals surface area contributed by atoms with Gasteiger partial charge in [0.2, 0.25) is 0 Å². The zero-order valence-electron chi connectivity index (χ0n) is 6.74. The fraction of sp³-hybridized carbons (Fsp3) is 0. The molecule has 4 nitrogen and oxygen atoms in total. The van der Waals surface area contributed by atoms with Gasteiger partial charge in [-0.05, 0) is 12.1 Å².